The second-order valence-corrected chi connectivity index (χ2v) is 6.60. The number of hydrogen-bond acceptors (Lipinski definition) is 5. The Kier molecular flexibility index (Phi) is 5.94. The van der Waals surface area contributed by atoms with E-state index in [1.54, 1.807) is 4.98 Å². The van der Waals surface area contributed by atoms with Gasteiger partial charge in [-0.15, -0.1) is 0 Å². The first kappa shape index (κ1) is 20.9. The summed E-state index contributed by atoms with van der Waals surface area (Å²) in [4.78, 5) is 24.8. The van der Waals surface area contributed by atoms with E-state index in [-0.39, 0.29) is 29.9 Å². The molecular formula is C19H19F3N2O5. The number of nitrogens with two attached hydrogens (primary N) is 1. The van der Waals surface area contributed by atoms with Crippen LogP contribution in [-0.4, -0.2) is 42.9 Å². The number of benzene rings is 1. The molecule has 0 bridgehead atoms. The number of rotatable bonds is 5. The zero-order valence-corrected chi connectivity index (χ0v) is 15.4. The Hall–Kier alpha value is -2.85. The Labute approximate surface area is 163 Å². The maximum atomic E-state index is 13.3. The molecule has 0 aliphatic carbocycles. The van der Waals surface area contributed by atoms with E-state index in [4.69, 9.17) is 19.9 Å². The minimum Gasteiger partial charge on any atom is -0.491 e. The molecule has 1 aliphatic rings. The minimum absolute atomic E-state index is 0.0240. The van der Waals surface area contributed by atoms with Crippen molar-refractivity contribution in [1.82, 2.24) is 4.98 Å². The molecule has 1 aromatic heterocycles. The van der Waals surface area contributed by atoms with E-state index in [2.05, 4.69) is 0 Å². The number of primary amides is 1. The van der Waals surface area contributed by atoms with Crippen LogP contribution in [0.3, 0.4) is 0 Å². The molecule has 1 unspecified atom stereocenters. The standard InChI is InChI=1S/C19H19F3N2O5/c1-10-7-28-13(8-27-10)9-29-12-4-2-11(3-5-12)14-6-15(17(23)25)18(26)24-16(14)19(20,21)22/h2-6,10,13H,7-9H2,1H3,(H2,23,25)(H,24,26)/t10-,13?/m0/s1. The third kappa shape index (κ3) is 4.96. The van der Waals surface area contributed by atoms with Gasteiger partial charge in [0.2, 0.25) is 0 Å². The van der Waals surface area contributed by atoms with Crippen molar-refractivity contribution in [2.45, 2.75) is 25.3 Å². The molecule has 1 aromatic carbocycles. The summed E-state index contributed by atoms with van der Waals surface area (Å²) in [7, 11) is 0. The molecule has 2 heterocycles. The second kappa shape index (κ2) is 8.26. The summed E-state index contributed by atoms with van der Waals surface area (Å²) in [5.74, 6) is -0.700. The summed E-state index contributed by atoms with van der Waals surface area (Å²) in [6.45, 7) is 2.97. The van der Waals surface area contributed by atoms with E-state index in [0.29, 0.717) is 19.0 Å². The molecule has 0 radical (unpaired) electrons. The van der Waals surface area contributed by atoms with E-state index < -0.39 is 28.9 Å². The topological polar surface area (TPSA) is 104 Å². The number of nitrogens with one attached hydrogen (secondary N) is 1. The number of H-pyrrole nitrogens is 1. The van der Waals surface area contributed by atoms with Crippen molar-refractivity contribution in [2.75, 3.05) is 19.8 Å². The fourth-order valence-corrected chi connectivity index (χ4v) is 2.82. The van der Waals surface area contributed by atoms with Gasteiger partial charge in [0.05, 0.1) is 19.3 Å². The number of ether oxygens (including phenoxy) is 3. The summed E-state index contributed by atoms with van der Waals surface area (Å²) in [6.07, 6.45) is -5.04. The molecular weight excluding hydrogens is 393 g/mol. The molecule has 1 aliphatic heterocycles. The van der Waals surface area contributed by atoms with Crippen LogP contribution in [0.2, 0.25) is 0 Å². The quantitative estimate of drug-likeness (QED) is 0.785. The summed E-state index contributed by atoms with van der Waals surface area (Å²) in [6, 6.07) is 6.59. The first-order chi connectivity index (χ1) is 13.6. The molecule has 1 fully saturated rings. The van der Waals surface area contributed by atoms with E-state index in [0.717, 1.165) is 6.07 Å². The summed E-state index contributed by atoms with van der Waals surface area (Å²) < 4.78 is 56.6. The number of halogens is 3. The second-order valence-electron chi connectivity index (χ2n) is 6.60. The number of hydrogen-bond donors (Lipinski definition) is 2. The number of amides is 1. The highest BCUT2D eigenvalue weighted by molar-refractivity contribution is 5.93. The lowest BCUT2D eigenvalue weighted by Gasteiger charge is -2.27. The molecule has 0 spiro atoms. The van der Waals surface area contributed by atoms with Crippen LogP contribution in [-0.2, 0) is 15.7 Å². The van der Waals surface area contributed by atoms with Crippen molar-refractivity contribution in [3.63, 3.8) is 0 Å². The van der Waals surface area contributed by atoms with Gasteiger partial charge in [-0.2, -0.15) is 13.2 Å². The van der Waals surface area contributed by atoms with Gasteiger partial charge in [-0.05, 0) is 30.7 Å². The number of carbonyl (C=O) groups excluding carboxylic acids is 1. The van der Waals surface area contributed by atoms with Gasteiger partial charge in [0.1, 0.15) is 29.7 Å². The number of pyridine rings is 1. The average Bonchev–Trinajstić information content (AvgIpc) is 2.67. The molecule has 3 rings (SSSR count). The van der Waals surface area contributed by atoms with Gasteiger partial charge >= 0.3 is 6.18 Å². The van der Waals surface area contributed by atoms with Gasteiger partial charge in [0.25, 0.3) is 11.5 Å². The third-order valence-corrected chi connectivity index (χ3v) is 4.32. The van der Waals surface area contributed by atoms with Crippen LogP contribution in [0.25, 0.3) is 11.1 Å². The lowest BCUT2D eigenvalue weighted by Crippen LogP contribution is -2.37. The predicted octanol–water partition coefficient (Wildman–Crippen LogP) is 2.34. The Bertz CT molecular complexity index is 932. The van der Waals surface area contributed by atoms with Crippen LogP contribution in [0.5, 0.6) is 5.75 Å². The van der Waals surface area contributed by atoms with Gasteiger partial charge < -0.3 is 24.9 Å². The fourth-order valence-electron chi connectivity index (χ4n) is 2.82. The highest BCUT2D eigenvalue weighted by atomic mass is 19.4. The Balaban J connectivity index is 1.82. The molecule has 2 aromatic rings. The monoisotopic (exact) mass is 412 g/mol. The molecule has 1 amide bonds. The smallest absolute Gasteiger partial charge is 0.431 e. The minimum atomic E-state index is -4.82. The van der Waals surface area contributed by atoms with E-state index in [1.807, 2.05) is 6.92 Å². The van der Waals surface area contributed by atoms with Gasteiger partial charge in [0.15, 0.2) is 0 Å². The normalized spacial score (nSPS) is 19.7. The van der Waals surface area contributed by atoms with Crippen molar-refractivity contribution in [3.8, 4) is 16.9 Å². The fraction of sp³-hybridized carbons (Fsp3) is 0.368. The molecule has 3 N–H and O–H groups in total. The Morgan fingerprint density at radius 1 is 1.24 bits per heavy atom. The van der Waals surface area contributed by atoms with Crippen LogP contribution >= 0.6 is 0 Å². The van der Waals surface area contributed by atoms with Crippen LogP contribution in [0.4, 0.5) is 13.2 Å². The van der Waals surface area contributed by atoms with Crippen molar-refractivity contribution in [1.29, 1.82) is 0 Å². The third-order valence-electron chi connectivity index (χ3n) is 4.32. The SMILES string of the molecule is C[C@H]1COC(COc2ccc(-c3cc(C(N)=O)c(=O)[nH]c3C(F)(F)F)cc2)CO1. The highest BCUT2D eigenvalue weighted by Crippen LogP contribution is 2.35. The van der Waals surface area contributed by atoms with Crippen LogP contribution < -0.4 is 16.0 Å². The first-order valence-electron chi connectivity index (χ1n) is 8.76. The maximum absolute atomic E-state index is 13.3. The summed E-state index contributed by atoms with van der Waals surface area (Å²) >= 11 is 0. The van der Waals surface area contributed by atoms with Crippen molar-refractivity contribution >= 4 is 5.91 Å². The number of aromatic amines is 1. The van der Waals surface area contributed by atoms with Crippen LogP contribution in [0.15, 0.2) is 35.1 Å². The van der Waals surface area contributed by atoms with Gasteiger partial charge in [-0.1, -0.05) is 12.1 Å². The lowest BCUT2D eigenvalue weighted by molar-refractivity contribution is -0.140. The molecule has 2 atom stereocenters. The number of aromatic nitrogens is 1. The van der Waals surface area contributed by atoms with Crippen molar-refractivity contribution in [3.05, 3.63) is 51.9 Å². The van der Waals surface area contributed by atoms with Gasteiger partial charge in [-0.25, -0.2) is 0 Å². The summed E-state index contributed by atoms with van der Waals surface area (Å²) in [5, 5.41) is 0. The molecule has 1 saturated heterocycles. The van der Waals surface area contributed by atoms with E-state index in [9.17, 15) is 22.8 Å². The maximum Gasteiger partial charge on any atom is 0.431 e. The van der Waals surface area contributed by atoms with Crippen molar-refractivity contribution in [2.24, 2.45) is 5.73 Å². The predicted molar refractivity (Wildman–Crippen MR) is 96.7 cm³/mol. The highest BCUT2D eigenvalue weighted by Gasteiger charge is 2.36. The average molecular weight is 412 g/mol. The lowest BCUT2D eigenvalue weighted by atomic mass is 10.0. The zero-order chi connectivity index (χ0) is 21.2. The largest absolute Gasteiger partial charge is 0.491 e. The van der Waals surface area contributed by atoms with Gasteiger partial charge in [0, 0.05) is 5.56 Å². The molecule has 0 saturated carbocycles. The van der Waals surface area contributed by atoms with Crippen LogP contribution in [0, 0.1) is 0 Å². The zero-order valence-electron chi connectivity index (χ0n) is 15.4. The van der Waals surface area contributed by atoms with E-state index in [1.165, 1.54) is 24.3 Å². The summed E-state index contributed by atoms with van der Waals surface area (Å²) in [5.41, 5.74) is 1.83. The number of carbonyl (C=O) groups is 1. The molecule has 29 heavy (non-hydrogen) atoms. The van der Waals surface area contributed by atoms with Gasteiger partial charge in [-0.3, -0.25) is 9.59 Å². The Morgan fingerprint density at radius 3 is 2.48 bits per heavy atom. The van der Waals surface area contributed by atoms with Crippen LogP contribution in [0.1, 0.15) is 23.0 Å². The molecule has 10 heteroatoms. The molecule has 156 valence electrons. The molecule has 7 nitrogen and oxygen atoms in total. The van der Waals surface area contributed by atoms with Crippen molar-refractivity contribution < 1.29 is 32.2 Å². The number of alkyl halides is 3. The first-order valence-corrected chi connectivity index (χ1v) is 8.76. The van der Waals surface area contributed by atoms with E-state index >= 15 is 0 Å². The Morgan fingerprint density at radius 2 is 1.93 bits per heavy atom.